The van der Waals surface area contributed by atoms with E-state index in [1.807, 2.05) is 17.4 Å². The molecule has 0 aliphatic heterocycles. The van der Waals surface area contributed by atoms with E-state index in [0.29, 0.717) is 0 Å². The fraction of sp³-hybridized carbons (Fsp3) is 0. The van der Waals surface area contributed by atoms with E-state index in [1.165, 1.54) is 53.2 Å². The minimum atomic E-state index is 0.938. The first kappa shape index (κ1) is 25.8. The van der Waals surface area contributed by atoms with E-state index in [4.69, 9.17) is 4.42 Å². The molecule has 0 amide bonds. The molecular weight excluding hydrogens is 567 g/mol. The lowest BCUT2D eigenvalue weighted by molar-refractivity contribution is 0.669. The van der Waals surface area contributed by atoms with Crippen LogP contribution in [0.4, 0.5) is 17.1 Å². The minimum Gasteiger partial charge on any atom is -0.456 e. The Morgan fingerprint density at radius 1 is 0.378 bits per heavy atom. The lowest BCUT2D eigenvalue weighted by atomic mass is 10.0. The van der Waals surface area contributed by atoms with Crippen LogP contribution in [0, 0.1) is 0 Å². The van der Waals surface area contributed by atoms with Gasteiger partial charge in [0.2, 0.25) is 0 Å². The molecule has 0 saturated carbocycles. The Morgan fingerprint density at radius 2 is 0.956 bits per heavy atom. The van der Waals surface area contributed by atoms with Gasteiger partial charge in [0.15, 0.2) is 0 Å². The van der Waals surface area contributed by atoms with Crippen LogP contribution in [-0.4, -0.2) is 0 Å². The monoisotopic (exact) mass is 593 g/mol. The first-order valence-electron chi connectivity index (χ1n) is 15.2. The van der Waals surface area contributed by atoms with Crippen molar-refractivity contribution >= 4 is 70.5 Å². The average Bonchev–Trinajstić information content (AvgIpc) is 3.67. The molecule has 45 heavy (non-hydrogen) atoms. The first-order chi connectivity index (χ1) is 22.3. The highest BCUT2D eigenvalue weighted by Gasteiger charge is 2.16. The van der Waals surface area contributed by atoms with E-state index < -0.39 is 0 Å². The molecule has 0 N–H and O–H groups in total. The van der Waals surface area contributed by atoms with Crippen molar-refractivity contribution < 1.29 is 4.42 Å². The molecule has 0 saturated heterocycles. The summed E-state index contributed by atoms with van der Waals surface area (Å²) in [6.07, 6.45) is 0. The third kappa shape index (κ3) is 4.40. The average molecular weight is 594 g/mol. The minimum absolute atomic E-state index is 0.938. The fourth-order valence-corrected chi connectivity index (χ4v) is 7.68. The highest BCUT2D eigenvalue weighted by Crippen LogP contribution is 2.44. The van der Waals surface area contributed by atoms with Crippen molar-refractivity contribution in [1.29, 1.82) is 0 Å². The van der Waals surface area contributed by atoms with E-state index in [1.54, 1.807) is 0 Å². The maximum Gasteiger partial charge on any atom is 0.136 e. The largest absolute Gasteiger partial charge is 0.456 e. The maximum atomic E-state index is 6.19. The highest BCUT2D eigenvalue weighted by atomic mass is 32.1. The summed E-state index contributed by atoms with van der Waals surface area (Å²) >= 11 is 1.85. The predicted molar refractivity (Wildman–Crippen MR) is 192 cm³/mol. The number of hydrogen-bond donors (Lipinski definition) is 0. The Morgan fingerprint density at radius 3 is 1.69 bits per heavy atom. The van der Waals surface area contributed by atoms with Crippen LogP contribution < -0.4 is 4.90 Å². The summed E-state index contributed by atoms with van der Waals surface area (Å²) in [7, 11) is 0. The molecule has 0 radical (unpaired) electrons. The summed E-state index contributed by atoms with van der Waals surface area (Å²) in [6.45, 7) is 0. The van der Waals surface area contributed by atoms with E-state index in [-0.39, 0.29) is 0 Å². The lowest BCUT2D eigenvalue weighted by Gasteiger charge is -2.26. The Labute approximate surface area is 265 Å². The standard InChI is InChI=1S/C42H27NOS/c1-3-9-28(10-4-1)29-15-20-33(21-16-29)43(32-11-5-2-6-12-32)34-22-17-30(18-23-34)31-19-24-36-40(27-31)45-39-26-25-38-41(42(36)39)35-13-7-8-14-37(35)44-38/h1-27H. The van der Waals surface area contributed by atoms with Crippen molar-refractivity contribution in [3.8, 4) is 22.3 Å². The summed E-state index contributed by atoms with van der Waals surface area (Å²) in [4.78, 5) is 2.31. The molecule has 0 atom stereocenters. The van der Waals surface area contributed by atoms with Crippen LogP contribution in [0.25, 0.3) is 64.4 Å². The third-order valence-electron chi connectivity index (χ3n) is 8.68. The molecule has 2 nitrogen and oxygen atoms in total. The lowest BCUT2D eigenvalue weighted by Crippen LogP contribution is -2.09. The molecular formula is C42H27NOS. The molecule has 7 aromatic carbocycles. The number of anilines is 3. The normalized spacial score (nSPS) is 11.6. The molecule has 9 rings (SSSR count). The van der Waals surface area contributed by atoms with Gasteiger partial charge in [-0.2, -0.15) is 0 Å². The summed E-state index contributed by atoms with van der Waals surface area (Å²) < 4.78 is 8.76. The molecule has 9 aromatic rings. The number of furan rings is 1. The molecule has 0 bridgehead atoms. The summed E-state index contributed by atoms with van der Waals surface area (Å²) in [5, 5.41) is 4.96. The number of benzene rings is 7. The number of nitrogens with zero attached hydrogens (tertiary/aromatic N) is 1. The topological polar surface area (TPSA) is 16.4 Å². The molecule has 0 aliphatic carbocycles. The van der Waals surface area contributed by atoms with Gasteiger partial charge in [-0.3, -0.25) is 0 Å². The summed E-state index contributed by atoms with van der Waals surface area (Å²) in [6, 6.07) is 58.4. The second-order valence-electron chi connectivity index (χ2n) is 11.4. The molecule has 212 valence electrons. The van der Waals surface area contributed by atoms with Gasteiger partial charge >= 0.3 is 0 Å². The zero-order chi connectivity index (χ0) is 29.7. The Kier molecular flexibility index (Phi) is 6.03. The predicted octanol–water partition coefficient (Wildman–Crippen LogP) is 12.8. The Hall–Kier alpha value is -5.64. The highest BCUT2D eigenvalue weighted by molar-refractivity contribution is 7.26. The van der Waals surface area contributed by atoms with Crippen LogP contribution in [0.1, 0.15) is 0 Å². The van der Waals surface area contributed by atoms with Gasteiger partial charge in [0.1, 0.15) is 11.2 Å². The molecule has 2 aromatic heterocycles. The molecule has 0 spiro atoms. The number of rotatable bonds is 5. The quantitative estimate of drug-likeness (QED) is 0.197. The summed E-state index contributed by atoms with van der Waals surface area (Å²) in [5.74, 6) is 0. The van der Waals surface area contributed by atoms with E-state index >= 15 is 0 Å². The third-order valence-corrected chi connectivity index (χ3v) is 9.80. The van der Waals surface area contributed by atoms with Gasteiger partial charge in [0, 0.05) is 48.0 Å². The number of hydrogen-bond acceptors (Lipinski definition) is 3. The van der Waals surface area contributed by atoms with Gasteiger partial charge in [-0.05, 0) is 82.9 Å². The van der Waals surface area contributed by atoms with Gasteiger partial charge in [-0.15, -0.1) is 11.3 Å². The number of thiophene rings is 1. The second-order valence-corrected chi connectivity index (χ2v) is 12.4. The van der Waals surface area contributed by atoms with Gasteiger partial charge in [-0.25, -0.2) is 0 Å². The number of fused-ring (bicyclic) bond motifs is 7. The van der Waals surface area contributed by atoms with Crippen molar-refractivity contribution in [3.05, 3.63) is 164 Å². The van der Waals surface area contributed by atoms with Crippen LogP contribution in [0.5, 0.6) is 0 Å². The van der Waals surface area contributed by atoms with E-state index in [2.05, 4.69) is 163 Å². The van der Waals surface area contributed by atoms with Gasteiger partial charge in [0.25, 0.3) is 0 Å². The molecule has 0 unspecified atom stereocenters. The number of para-hydroxylation sites is 2. The van der Waals surface area contributed by atoms with Crippen molar-refractivity contribution in [2.75, 3.05) is 4.90 Å². The van der Waals surface area contributed by atoms with Crippen molar-refractivity contribution in [1.82, 2.24) is 0 Å². The maximum absolute atomic E-state index is 6.19. The fourth-order valence-electron chi connectivity index (χ4n) is 6.52. The molecule has 2 heterocycles. The smallest absolute Gasteiger partial charge is 0.136 e. The molecule has 3 heteroatoms. The van der Waals surface area contributed by atoms with Crippen LogP contribution in [0.2, 0.25) is 0 Å². The first-order valence-corrected chi connectivity index (χ1v) is 16.0. The SMILES string of the molecule is c1ccc(-c2ccc(N(c3ccccc3)c3ccc(-c4ccc5c(c4)sc4ccc6oc7ccccc7c6c45)cc3)cc2)cc1. The van der Waals surface area contributed by atoms with Gasteiger partial charge in [-0.1, -0.05) is 103 Å². The Balaban J connectivity index is 1.09. The van der Waals surface area contributed by atoms with E-state index in [9.17, 15) is 0 Å². The van der Waals surface area contributed by atoms with Crippen LogP contribution >= 0.6 is 11.3 Å². The van der Waals surface area contributed by atoms with Crippen molar-refractivity contribution in [2.45, 2.75) is 0 Å². The summed E-state index contributed by atoms with van der Waals surface area (Å²) in [5.41, 5.74) is 10.1. The van der Waals surface area contributed by atoms with Crippen molar-refractivity contribution in [3.63, 3.8) is 0 Å². The second kappa shape index (κ2) is 10.5. The van der Waals surface area contributed by atoms with Gasteiger partial charge in [0.05, 0.1) is 0 Å². The van der Waals surface area contributed by atoms with Gasteiger partial charge < -0.3 is 9.32 Å². The zero-order valence-corrected chi connectivity index (χ0v) is 25.2. The van der Waals surface area contributed by atoms with E-state index in [0.717, 1.165) is 28.2 Å². The molecule has 0 fully saturated rings. The van der Waals surface area contributed by atoms with Crippen LogP contribution in [0.15, 0.2) is 168 Å². The zero-order valence-electron chi connectivity index (χ0n) is 24.4. The van der Waals surface area contributed by atoms with Crippen LogP contribution in [0.3, 0.4) is 0 Å². The Bertz CT molecular complexity index is 2460. The van der Waals surface area contributed by atoms with Crippen LogP contribution in [-0.2, 0) is 0 Å². The molecule has 0 aliphatic rings. The van der Waals surface area contributed by atoms with Crippen molar-refractivity contribution in [2.24, 2.45) is 0 Å².